The van der Waals surface area contributed by atoms with E-state index in [0.29, 0.717) is 5.56 Å². The summed E-state index contributed by atoms with van der Waals surface area (Å²) in [7, 11) is -2.34. The molecule has 0 spiro atoms. The lowest BCUT2D eigenvalue weighted by molar-refractivity contribution is 0.258. The van der Waals surface area contributed by atoms with Crippen molar-refractivity contribution >= 4 is 15.8 Å². The number of hydrogen-bond acceptors (Lipinski definition) is 5. The normalized spacial score (nSPS) is 13.3. The Hall–Kier alpha value is -1.90. The third-order valence-corrected chi connectivity index (χ3v) is 4.45. The predicted octanol–water partition coefficient (Wildman–Crippen LogP) is 0.0142. The van der Waals surface area contributed by atoms with Crippen LogP contribution in [0.2, 0.25) is 0 Å². The fraction of sp³-hybridized carbons (Fsp3) is 0.250. The van der Waals surface area contributed by atoms with Gasteiger partial charge in [-0.2, -0.15) is 4.72 Å². The first-order chi connectivity index (χ1) is 9.45. The van der Waals surface area contributed by atoms with Crippen LogP contribution in [-0.2, 0) is 17.1 Å². The predicted molar refractivity (Wildman–Crippen MR) is 74.2 cm³/mol. The van der Waals surface area contributed by atoms with Crippen molar-refractivity contribution in [3.05, 3.63) is 42.2 Å². The number of nitrogens with one attached hydrogen (secondary N) is 1. The van der Waals surface area contributed by atoms with Gasteiger partial charge in [-0.3, -0.25) is 0 Å². The number of nitrogens with two attached hydrogens (primary N) is 1. The molecule has 108 valence electrons. The highest BCUT2D eigenvalue weighted by Crippen LogP contribution is 2.19. The quantitative estimate of drug-likeness (QED) is 0.720. The van der Waals surface area contributed by atoms with Gasteiger partial charge in [-0.25, -0.2) is 13.4 Å². The summed E-state index contributed by atoms with van der Waals surface area (Å²) in [5, 5.41) is 9.28. The maximum atomic E-state index is 12.3. The summed E-state index contributed by atoms with van der Waals surface area (Å²) in [6.07, 6.45) is 1.32. The molecule has 1 atom stereocenters. The lowest BCUT2D eigenvalue weighted by Crippen LogP contribution is -2.32. The molecule has 0 fully saturated rings. The lowest BCUT2D eigenvalue weighted by Gasteiger charge is -2.17. The summed E-state index contributed by atoms with van der Waals surface area (Å²) in [6.45, 7) is -0.360. The Morgan fingerprint density at radius 1 is 1.40 bits per heavy atom. The Bertz CT molecular complexity index is 662. The van der Waals surface area contributed by atoms with Crippen LogP contribution in [0.5, 0.6) is 0 Å². The second-order valence-corrected chi connectivity index (χ2v) is 5.94. The minimum absolute atomic E-state index is 0.0789. The second-order valence-electron chi connectivity index (χ2n) is 4.31. The van der Waals surface area contributed by atoms with Gasteiger partial charge in [-0.05, 0) is 5.56 Å². The molecule has 2 aromatic rings. The van der Waals surface area contributed by atoms with Crippen LogP contribution in [0.1, 0.15) is 11.6 Å². The average Bonchev–Trinajstić information content (AvgIpc) is 2.77. The number of nitrogens with zero attached hydrogens (tertiary/aromatic N) is 2. The van der Waals surface area contributed by atoms with E-state index in [1.807, 2.05) is 6.07 Å². The number of sulfonamides is 1. The largest absolute Gasteiger partial charge is 0.394 e. The zero-order valence-corrected chi connectivity index (χ0v) is 11.7. The molecule has 0 radical (unpaired) electrons. The summed E-state index contributed by atoms with van der Waals surface area (Å²) >= 11 is 0. The van der Waals surface area contributed by atoms with E-state index in [2.05, 4.69) is 9.71 Å². The number of benzene rings is 1. The molecule has 0 aliphatic carbocycles. The van der Waals surface area contributed by atoms with E-state index in [-0.39, 0.29) is 17.5 Å². The molecule has 0 saturated carbocycles. The van der Waals surface area contributed by atoms with Crippen molar-refractivity contribution in [1.29, 1.82) is 0 Å². The van der Waals surface area contributed by atoms with Crippen molar-refractivity contribution in [2.24, 2.45) is 7.05 Å². The van der Waals surface area contributed by atoms with Gasteiger partial charge in [-0.15, -0.1) is 0 Å². The summed E-state index contributed by atoms with van der Waals surface area (Å²) in [4.78, 5) is 3.75. The van der Waals surface area contributed by atoms with Crippen LogP contribution in [0, 0.1) is 0 Å². The van der Waals surface area contributed by atoms with Gasteiger partial charge in [0.25, 0.3) is 10.0 Å². The fourth-order valence-corrected chi connectivity index (χ4v) is 3.35. The molecule has 0 saturated heterocycles. The molecule has 1 heterocycles. The fourth-order valence-electron chi connectivity index (χ4n) is 1.90. The van der Waals surface area contributed by atoms with Crippen LogP contribution >= 0.6 is 0 Å². The molecule has 0 aliphatic rings. The highest BCUT2D eigenvalue weighted by molar-refractivity contribution is 7.89. The maximum absolute atomic E-state index is 12.3. The molecular weight excluding hydrogens is 280 g/mol. The Balaban J connectivity index is 2.32. The Labute approximate surface area is 117 Å². The van der Waals surface area contributed by atoms with Crippen molar-refractivity contribution in [3.8, 4) is 0 Å². The molecular formula is C12H16N4O3S. The van der Waals surface area contributed by atoms with E-state index >= 15 is 0 Å². The highest BCUT2D eigenvalue weighted by atomic mass is 32.2. The zero-order chi connectivity index (χ0) is 14.8. The van der Waals surface area contributed by atoms with Gasteiger partial charge in [0.05, 0.1) is 19.0 Å². The molecule has 20 heavy (non-hydrogen) atoms. The van der Waals surface area contributed by atoms with E-state index < -0.39 is 16.1 Å². The van der Waals surface area contributed by atoms with Crippen molar-refractivity contribution in [3.63, 3.8) is 0 Å². The maximum Gasteiger partial charge on any atom is 0.260 e. The monoisotopic (exact) mass is 296 g/mol. The van der Waals surface area contributed by atoms with Gasteiger partial charge in [-0.1, -0.05) is 30.3 Å². The van der Waals surface area contributed by atoms with Crippen LogP contribution < -0.4 is 10.5 Å². The number of aliphatic hydroxyl groups excluding tert-OH is 1. The van der Waals surface area contributed by atoms with Crippen molar-refractivity contribution in [2.75, 3.05) is 12.3 Å². The molecule has 0 amide bonds. The molecule has 2 rings (SSSR count). The van der Waals surface area contributed by atoms with Gasteiger partial charge >= 0.3 is 0 Å². The van der Waals surface area contributed by atoms with Gasteiger partial charge in [0.2, 0.25) is 0 Å². The average molecular weight is 296 g/mol. The van der Waals surface area contributed by atoms with Crippen LogP contribution in [0.25, 0.3) is 0 Å². The number of aromatic nitrogens is 2. The first-order valence-electron chi connectivity index (χ1n) is 5.90. The molecule has 8 heteroatoms. The van der Waals surface area contributed by atoms with Crippen molar-refractivity contribution in [2.45, 2.75) is 11.1 Å². The number of imidazole rings is 1. The second kappa shape index (κ2) is 5.61. The number of hydrogen-bond donors (Lipinski definition) is 3. The lowest BCUT2D eigenvalue weighted by atomic mass is 10.1. The molecule has 4 N–H and O–H groups in total. The van der Waals surface area contributed by atoms with E-state index in [4.69, 9.17) is 5.73 Å². The van der Waals surface area contributed by atoms with Crippen LogP contribution in [0.3, 0.4) is 0 Å². The topological polar surface area (TPSA) is 110 Å². The molecule has 1 aromatic heterocycles. The Morgan fingerprint density at radius 3 is 2.55 bits per heavy atom. The smallest absolute Gasteiger partial charge is 0.260 e. The summed E-state index contributed by atoms with van der Waals surface area (Å²) < 4.78 is 28.4. The highest BCUT2D eigenvalue weighted by Gasteiger charge is 2.26. The van der Waals surface area contributed by atoms with Crippen molar-refractivity contribution < 1.29 is 13.5 Å². The number of anilines is 1. The van der Waals surface area contributed by atoms with Crippen LogP contribution in [-0.4, -0.2) is 29.7 Å². The molecule has 0 bridgehead atoms. The number of aryl methyl sites for hydroxylation is 1. The van der Waals surface area contributed by atoms with E-state index in [0.717, 1.165) is 0 Å². The third-order valence-electron chi connectivity index (χ3n) is 2.85. The SMILES string of the molecule is Cn1cnc(N)c1S(=O)(=O)N[C@H](CO)c1ccccc1. The molecule has 7 nitrogen and oxygen atoms in total. The summed E-state index contributed by atoms with van der Waals surface area (Å²) in [6, 6.07) is 8.07. The van der Waals surface area contributed by atoms with Gasteiger partial charge < -0.3 is 15.4 Å². The molecule has 1 aromatic carbocycles. The standard InChI is InChI=1S/C12H16N4O3S/c1-16-8-14-11(13)12(16)20(18,19)15-10(7-17)9-5-3-2-4-6-9/h2-6,8,10,15,17H,7,13H2,1H3/t10-/m1/s1. The van der Waals surface area contributed by atoms with Crippen LogP contribution in [0.15, 0.2) is 41.7 Å². The minimum atomic E-state index is -3.87. The van der Waals surface area contributed by atoms with Gasteiger partial charge in [0.15, 0.2) is 10.8 Å². The summed E-state index contributed by atoms with van der Waals surface area (Å²) in [5.41, 5.74) is 6.24. The van der Waals surface area contributed by atoms with Crippen LogP contribution in [0.4, 0.5) is 5.82 Å². The molecule has 0 aliphatic heterocycles. The van der Waals surface area contributed by atoms with Gasteiger partial charge in [0, 0.05) is 7.05 Å². The summed E-state index contributed by atoms with van der Waals surface area (Å²) in [5.74, 6) is -0.0789. The van der Waals surface area contributed by atoms with E-state index in [1.54, 1.807) is 24.3 Å². The zero-order valence-electron chi connectivity index (χ0n) is 10.9. The first kappa shape index (κ1) is 14.5. The Morgan fingerprint density at radius 2 is 2.05 bits per heavy atom. The number of rotatable bonds is 5. The third kappa shape index (κ3) is 2.82. The van der Waals surface area contributed by atoms with Gasteiger partial charge in [0.1, 0.15) is 0 Å². The first-order valence-corrected chi connectivity index (χ1v) is 7.39. The minimum Gasteiger partial charge on any atom is -0.394 e. The van der Waals surface area contributed by atoms with E-state index in [1.165, 1.54) is 17.9 Å². The van der Waals surface area contributed by atoms with Crippen molar-refractivity contribution in [1.82, 2.24) is 14.3 Å². The van der Waals surface area contributed by atoms with E-state index in [9.17, 15) is 13.5 Å². The number of nitrogen functional groups attached to an aromatic ring is 1. The molecule has 0 unspecified atom stereocenters. The number of aliphatic hydroxyl groups is 1. The Kier molecular flexibility index (Phi) is 4.07.